The van der Waals surface area contributed by atoms with Crippen LogP contribution in [0.1, 0.15) is 5.56 Å². The van der Waals surface area contributed by atoms with E-state index < -0.39 is 17.9 Å². The molecular weight excluding hydrogens is 229 g/mol. The average molecular weight is 241 g/mol. The molecule has 0 aromatic heterocycles. The molecule has 0 aliphatic carbocycles. The molecule has 0 aliphatic rings. The van der Waals surface area contributed by atoms with Crippen LogP contribution < -0.4 is 34.7 Å². The van der Waals surface area contributed by atoms with Crippen molar-refractivity contribution in [1.29, 1.82) is 0 Å². The fraction of sp³-hybridized carbons (Fsp3) is 0.167. The van der Waals surface area contributed by atoms with Crippen LogP contribution in [0.3, 0.4) is 0 Å². The minimum atomic E-state index is -1.11. The molecule has 1 aromatic carbocycles. The number of aliphatic imine (C=N–C) groups is 1. The molecule has 5 heteroatoms. The van der Waals surface area contributed by atoms with Crippen molar-refractivity contribution < 1.29 is 44.6 Å². The number of nitrogens with zero attached hydrogens (tertiary/aromatic N) is 1. The molecule has 0 unspecified atom stereocenters. The average Bonchev–Trinajstić information content (AvgIpc) is 2.29. The van der Waals surface area contributed by atoms with Crippen molar-refractivity contribution in [2.75, 3.05) is 0 Å². The van der Waals surface area contributed by atoms with E-state index in [0.29, 0.717) is 0 Å². The summed E-state index contributed by atoms with van der Waals surface area (Å²) in [6.07, 6.45) is 1.21. The Morgan fingerprint density at radius 3 is 2.53 bits per heavy atom. The summed E-state index contributed by atoms with van der Waals surface area (Å²) < 4.78 is 0. The van der Waals surface area contributed by atoms with E-state index in [1.54, 1.807) is 12.1 Å². The molecular formula is C12H12NNaO3. The minimum Gasteiger partial charge on any atom is -0.859 e. The summed E-state index contributed by atoms with van der Waals surface area (Å²) in [5.74, 6) is -1.72. The Balaban J connectivity index is 0.00000256. The number of carboxylic acids is 1. The van der Waals surface area contributed by atoms with Crippen LogP contribution in [0.25, 0.3) is 0 Å². The molecule has 0 fully saturated rings. The molecule has 0 heterocycles. The van der Waals surface area contributed by atoms with Crippen LogP contribution in [0.4, 0.5) is 0 Å². The molecule has 0 saturated heterocycles. The molecule has 1 aromatic rings. The fourth-order valence-corrected chi connectivity index (χ4v) is 1.23. The first-order chi connectivity index (χ1) is 7.63. The van der Waals surface area contributed by atoms with E-state index in [2.05, 4.69) is 11.6 Å². The predicted octanol–water partition coefficient (Wildman–Crippen LogP) is -2.37. The minimum absolute atomic E-state index is 0. The van der Waals surface area contributed by atoms with Gasteiger partial charge in [0.15, 0.2) is 6.04 Å². The first kappa shape index (κ1) is 15.9. The monoisotopic (exact) mass is 241 g/mol. The normalized spacial score (nSPS) is 12.4. The van der Waals surface area contributed by atoms with Crippen LogP contribution in [0.5, 0.6) is 0 Å². The molecule has 0 aliphatic heterocycles. The third kappa shape index (κ3) is 5.68. The summed E-state index contributed by atoms with van der Waals surface area (Å²) in [5, 5.41) is 19.9. The van der Waals surface area contributed by atoms with Crippen molar-refractivity contribution in [2.45, 2.75) is 12.5 Å². The second-order valence-corrected chi connectivity index (χ2v) is 3.22. The summed E-state index contributed by atoms with van der Waals surface area (Å²) in [7, 11) is 0. The maximum Gasteiger partial charge on any atom is 1.00 e. The van der Waals surface area contributed by atoms with Crippen molar-refractivity contribution in [3.05, 3.63) is 48.6 Å². The number of rotatable bonds is 5. The van der Waals surface area contributed by atoms with Crippen LogP contribution in [0.15, 0.2) is 48.0 Å². The van der Waals surface area contributed by atoms with Gasteiger partial charge in [0.2, 0.25) is 0 Å². The summed E-state index contributed by atoms with van der Waals surface area (Å²) >= 11 is 0. The molecule has 0 saturated carbocycles. The predicted molar refractivity (Wildman–Crippen MR) is 59.2 cm³/mol. The maximum absolute atomic E-state index is 11.0. The third-order valence-electron chi connectivity index (χ3n) is 2.01. The van der Waals surface area contributed by atoms with Gasteiger partial charge in [-0.1, -0.05) is 43.0 Å². The molecule has 0 bridgehead atoms. The molecule has 1 atom stereocenters. The van der Waals surface area contributed by atoms with Crippen LogP contribution in [0.2, 0.25) is 0 Å². The first-order valence-corrected chi connectivity index (χ1v) is 4.77. The Morgan fingerprint density at radius 2 is 2.06 bits per heavy atom. The molecule has 4 nitrogen and oxygen atoms in total. The Morgan fingerprint density at radius 1 is 1.47 bits per heavy atom. The standard InChI is InChI=1S/C12H13NO3.Na/c1-2-11(14)13-10(12(15)16)8-9-6-4-3-5-7-9;/h2-7,10H,1,8H2,(H,13,14)(H,15,16);/q;+1/p-1/t10-;/m0./s1. The summed E-state index contributed by atoms with van der Waals surface area (Å²) in [5.41, 5.74) is 0.829. The maximum atomic E-state index is 11.0. The number of carbonyl (C=O) groups is 1. The topological polar surface area (TPSA) is 72.7 Å². The fourth-order valence-electron chi connectivity index (χ4n) is 1.23. The van der Waals surface area contributed by atoms with Gasteiger partial charge in [0.1, 0.15) is 0 Å². The molecule has 1 rings (SSSR count). The number of hydrogen-bond acceptors (Lipinski definition) is 3. The van der Waals surface area contributed by atoms with Gasteiger partial charge in [0.25, 0.3) is 0 Å². The van der Waals surface area contributed by atoms with Gasteiger partial charge in [-0.25, -0.2) is 4.79 Å². The van der Waals surface area contributed by atoms with Gasteiger partial charge in [-0.15, -0.1) is 0 Å². The SMILES string of the molecule is C=CC([O-])=N[C@@H](Cc1ccccc1)C(=O)O.[Na+]. The quantitative estimate of drug-likeness (QED) is 0.356. The number of aliphatic carboxylic acids is 1. The van der Waals surface area contributed by atoms with Crippen molar-refractivity contribution in [3.63, 3.8) is 0 Å². The summed E-state index contributed by atoms with van der Waals surface area (Å²) in [6, 6.07) is 8.00. The second-order valence-electron chi connectivity index (χ2n) is 3.22. The van der Waals surface area contributed by atoms with Gasteiger partial charge in [-0.05, 0) is 11.5 Å². The van der Waals surface area contributed by atoms with Crippen LogP contribution in [0, 0.1) is 0 Å². The molecule has 1 N–H and O–H groups in total. The van der Waals surface area contributed by atoms with Crippen LogP contribution in [-0.2, 0) is 11.2 Å². The van der Waals surface area contributed by atoms with Crippen molar-refractivity contribution in [1.82, 2.24) is 0 Å². The zero-order chi connectivity index (χ0) is 12.0. The van der Waals surface area contributed by atoms with E-state index in [0.717, 1.165) is 11.6 Å². The van der Waals surface area contributed by atoms with E-state index in [4.69, 9.17) is 5.11 Å². The Hall–Kier alpha value is -1.10. The Labute approximate surface area is 122 Å². The van der Waals surface area contributed by atoms with E-state index in [-0.39, 0.29) is 36.0 Å². The van der Waals surface area contributed by atoms with Gasteiger partial charge in [0, 0.05) is 6.42 Å². The largest absolute Gasteiger partial charge is 1.00 e. The van der Waals surface area contributed by atoms with E-state index >= 15 is 0 Å². The van der Waals surface area contributed by atoms with Gasteiger partial charge in [0.05, 0.1) is 0 Å². The smallest absolute Gasteiger partial charge is 0.859 e. The van der Waals surface area contributed by atoms with Crippen LogP contribution >= 0.6 is 0 Å². The second kappa shape index (κ2) is 8.06. The Bertz CT molecular complexity index is 403. The number of carboxylic acid groups (broad SMARTS) is 1. The molecule has 84 valence electrons. The van der Waals surface area contributed by atoms with Crippen LogP contribution in [-0.4, -0.2) is 23.0 Å². The third-order valence-corrected chi connectivity index (χ3v) is 2.01. The first-order valence-electron chi connectivity index (χ1n) is 4.77. The Kier molecular flexibility index (Phi) is 7.54. The van der Waals surface area contributed by atoms with Gasteiger partial charge in [-0.2, -0.15) is 0 Å². The zero-order valence-corrected chi connectivity index (χ0v) is 11.7. The molecule has 17 heavy (non-hydrogen) atoms. The van der Waals surface area contributed by atoms with Gasteiger partial charge >= 0.3 is 35.5 Å². The summed E-state index contributed by atoms with van der Waals surface area (Å²) in [6.45, 7) is 3.24. The molecule has 0 radical (unpaired) electrons. The summed E-state index contributed by atoms with van der Waals surface area (Å²) in [4.78, 5) is 14.4. The van der Waals surface area contributed by atoms with Gasteiger partial charge in [-0.3, -0.25) is 4.99 Å². The van der Waals surface area contributed by atoms with Crippen molar-refractivity contribution in [2.24, 2.45) is 4.99 Å². The van der Waals surface area contributed by atoms with E-state index in [1.807, 2.05) is 18.2 Å². The molecule has 0 amide bonds. The number of hydrogen-bond donors (Lipinski definition) is 1. The van der Waals surface area contributed by atoms with E-state index in [1.165, 1.54) is 0 Å². The molecule has 0 spiro atoms. The van der Waals surface area contributed by atoms with Gasteiger partial charge < -0.3 is 10.2 Å². The number of benzene rings is 1. The van der Waals surface area contributed by atoms with Crippen molar-refractivity contribution >= 4 is 11.9 Å². The van der Waals surface area contributed by atoms with E-state index in [9.17, 15) is 9.90 Å². The zero-order valence-electron chi connectivity index (χ0n) is 9.67. The van der Waals surface area contributed by atoms with Crippen molar-refractivity contribution in [3.8, 4) is 0 Å².